The summed E-state index contributed by atoms with van der Waals surface area (Å²) in [6.45, 7) is 4.30. The summed E-state index contributed by atoms with van der Waals surface area (Å²) in [6.07, 6.45) is 0. The van der Waals surface area contributed by atoms with Gasteiger partial charge in [0.15, 0.2) is 0 Å². The molecule has 1 aromatic rings. The van der Waals surface area contributed by atoms with E-state index < -0.39 is 25.4 Å². The third-order valence-corrected chi connectivity index (χ3v) is 3.28. The molecule has 0 aliphatic carbocycles. The zero-order chi connectivity index (χ0) is 14.6. The summed E-state index contributed by atoms with van der Waals surface area (Å²) in [5, 5.41) is 31.1. The van der Waals surface area contributed by atoms with E-state index in [2.05, 4.69) is 15.3 Å². The van der Waals surface area contributed by atoms with Gasteiger partial charge in [-0.3, -0.25) is 0 Å². The fourth-order valence-electron chi connectivity index (χ4n) is 1.41. The molecule has 0 unspecified atom stereocenters. The van der Waals surface area contributed by atoms with Crippen LogP contribution in [0.1, 0.15) is 31.2 Å². The molecule has 1 heterocycles. The number of aliphatic hydroxyl groups excluding tert-OH is 3. The Labute approximate surface area is 117 Å². The standard InChI is InChI=1S/C12H20ClN3O3/c1-7(2)10-14-9(13)8(3)11(15-10)16-12(4-17,5-18)6-19/h7,17-19H,4-6H2,1-3H3,(H,14,15,16). The van der Waals surface area contributed by atoms with Crippen LogP contribution in [0.4, 0.5) is 5.82 Å². The van der Waals surface area contributed by atoms with E-state index >= 15 is 0 Å². The largest absolute Gasteiger partial charge is 0.394 e. The molecule has 1 rings (SSSR count). The lowest BCUT2D eigenvalue weighted by Gasteiger charge is -2.30. The number of hydrogen-bond donors (Lipinski definition) is 4. The van der Waals surface area contributed by atoms with E-state index in [0.29, 0.717) is 22.4 Å². The molecule has 0 bridgehead atoms. The number of anilines is 1. The molecule has 0 fully saturated rings. The van der Waals surface area contributed by atoms with Crippen molar-refractivity contribution in [1.29, 1.82) is 0 Å². The van der Waals surface area contributed by atoms with Gasteiger partial charge in [0.2, 0.25) is 0 Å². The van der Waals surface area contributed by atoms with Gasteiger partial charge in [0.05, 0.1) is 19.8 Å². The van der Waals surface area contributed by atoms with Gasteiger partial charge in [-0.15, -0.1) is 0 Å². The maximum absolute atomic E-state index is 9.32. The average Bonchev–Trinajstić information content (AvgIpc) is 2.40. The highest BCUT2D eigenvalue weighted by molar-refractivity contribution is 6.30. The minimum Gasteiger partial charge on any atom is -0.394 e. The zero-order valence-corrected chi connectivity index (χ0v) is 12.1. The van der Waals surface area contributed by atoms with Crippen molar-refractivity contribution in [3.63, 3.8) is 0 Å². The van der Waals surface area contributed by atoms with Crippen LogP contribution in [0.2, 0.25) is 5.15 Å². The van der Waals surface area contributed by atoms with Gasteiger partial charge in [-0.2, -0.15) is 0 Å². The summed E-state index contributed by atoms with van der Waals surface area (Å²) >= 11 is 6.04. The molecule has 0 aliphatic rings. The Morgan fingerprint density at radius 1 is 1.16 bits per heavy atom. The van der Waals surface area contributed by atoms with Crippen molar-refractivity contribution in [2.24, 2.45) is 0 Å². The lowest BCUT2D eigenvalue weighted by atomic mass is 10.0. The van der Waals surface area contributed by atoms with E-state index in [4.69, 9.17) is 11.6 Å². The van der Waals surface area contributed by atoms with Crippen molar-refractivity contribution < 1.29 is 15.3 Å². The van der Waals surface area contributed by atoms with Crippen LogP contribution in [0.3, 0.4) is 0 Å². The number of nitrogens with one attached hydrogen (secondary N) is 1. The fourth-order valence-corrected chi connectivity index (χ4v) is 1.58. The number of rotatable bonds is 6. The molecule has 0 saturated carbocycles. The van der Waals surface area contributed by atoms with E-state index in [0.717, 1.165) is 0 Å². The molecule has 0 aliphatic heterocycles. The van der Waals surface area contributed by atoms with Gasteiger partial charge < -0.3 is 20.6 Å². The second-order valence-electron chi connectivity index (χ2n) is 4.88. The Morgan fingerprint density at radius 3 is 2.11 bits per heavy atom. The number of aromatic nitrogens is 2. The SMILES string of the molecule is Cc1c(Cl)nc(C(C)C)nc1NC(CO)(CO)CO. The van der Waals surface area contributed by atoms with Gasteiger partial charge in [-0.25, -0.2) is 9.97 Å². The Bertz CT molecular complexity index is 428. The van der Waals surface area contributed by atoms with E-state index in [1.54, 1.807) is 6.92 Å². The Balaban J connectivity index is 3.19. The van der Waals surface area contributed by atoms with Crippen LogP contribution in [0.15, 0.2) is 0 Å². The van der Waals surface area contributed by atoms with Gasteiger partial charge in [0.25, 0.3) is 0 Å². The normalized spacial score (nSPS) is 12.0. The summed E-state index contributed by atoms with van der Waals surface area (Å²) in [5.74, 6) is 1.05. The highest BCUT2D eigenvalue weighted by Gasteiger charge is 2.29. The Kier molecular flexibility index (Phi) is 5.49. The van der Waals surface area contributed by atoms with Gasteiger partial charge in [0.1, 0.15) is 22.3 Å². The number of hydrogen-bond acceptors (Lipinski definition) is 6. The fraction of sp³-hybridized carbons (Fsp3) is 0.667. The number of halogens is 1. The zero-order valence-electron chi connectivity index (χ0n) is 11.3. The van der Waals surface area contributed by atoms with Crippen molar-refractivity contribution >= 4 is 17.4 Å². The van der Waals surface area contributed by atoms with Gasteiger partial charge in [-0.1, -0.05) is 25.4 Å². The molecule has 7 heteroatoms. The molecule has 0 spiro atoms. The van der Waals surface area contributed by atoms with Crippen molar-refractivity contribution in [2.45, 2.75) is 32.2 Å². The number of nitrogens with zero attached hydrogens (tertiary/aromatic N) is 2. The first-order chi connectivity index (χ1) is 8.89. The van der Waals surface area contributed by atoms with E-state index in [-0.39, 0.29) is 5.92 Å². The molecule has 1 aromatic heterocycles. The average molecular weight is 290 g/mol. The topological polar surface area (TPSA) is 98.5 Å². The quantitative estimate of drug-likeness (QED) is 0.575. The number of aliphatic hydroxyl groups is 3. The molecular formula is C12H20ClN3O3. The minimum absolute atomic E-state index is 0.0884. The van der Waals surface area contributed by atoms with Gasteiger partial charge >= 0.3 is 0 Å². The molecule has 0 atom stereocenters. The highest BCUT2D eigenvalue weighted by atomic mass is 35.5. The van der Waals surface area contributed by atoms with Crippen LogP contribution in [0.5, 0.6) is 0 Å². The highest BCUT2D eigenvalue weighted by Crippen LogP contribution is 2.25. The predicted octanol–water partition coefficient (Wildman–Crippen LogP) is 0.689. The molecule has 19 heavy (non-hydrogen) atoms. The lowest BCUT2D eigenvalue weighted by Crippen LogP contribution is -2.49. The molecule has 0 radical (unpaired) electrons. The summed E-state index contributed by atoms with van der Waals surface area (Å²) in [6, 6.07) is 0. The van der Waals surface area contributed by atoms with Crippen molar-refractivity contribution in [3.05, 3.63) is 16.5 Å². The molecule has 4 N–H and O–H groups in total. The van der Waals surface area contributed by atoms with Crippen molar-refractivity contribution in [3.8, 4) is 0 Å². The van der Waals surface area contributed by atoms with Crippen LogP contribution in [-0.4, -0.2) is 50.6 Å². The van der Waals surface area contributed by atoms with Crippen LogP contribution < -0.4 is 5.32 Å². The summed E-state index contributed by atoms with van der Waals surface area (Å²) in [7, 11) is 0. The smallest absolute Gasteiger partial charge is 0.137 e. The first kappa shape index (κ1) is 16.1. The molecule has 0 amide bonds. The predicted molar refractivity (Wildman–Crippen MR) is 73.5 cm³/mol. The van der Waals surface area contributed by atoms with Crippen LogP contribution in [0.25, 0.3) is 0 Å². The van der Waals surface area contributed by atoms with Crippen LogP contribution >= 0.6 is 11.6 Å². The van der Waals surface area contributed by atoms with Crippen molar-refractivity contribution in [1.82, 2.24) is 9.97 Å². The second-order valence-corrected chi connectivity index (χ2v) is 5.24. The van der Waals surface area contributed by atoms with E-state index in [9.17, 15) is 15.3 Å². The minimum atomic E-state index is -1.24. The van der Waals surface area contributed by atoms with Crippen LogP contribution in [0, 0.1) is 6.92 Å². The third kappa shape index (κ3) is 3.54. The second kappa shape index (κ2) is 6.47. The third-order valence-electron chi connectivity index (χ3n) is 2.91. The molecule has 108 valence electrons. The summed E-state index contributed by atoms with van der Waals surface area (Å²) < 4.78 is 0. The van der Waals surface area contributed by atoms with E-state index in [1.165, 1.54) is 0 Å². The molecule has 6 nitrogen and oxygen atoms in total. The first-order valence-electron chi connectivity index (χ1n) is 6.04. The van der Waals surface area contributed by atoms with Crippen LogP contribution in [-0.2, 0) is 0 Å². The molecule has 0 saturated heterocycles. The monoisotopic (exact) mass is 289 g/mol. The Morgan fingerprint density at radius 2 is 1.68 bits per heavy atom. The van der Waals surface area contributed by atoms with Crippen molar-refractivity contribution in [2.75, 3.05) is 25.1 Å². The molecule has 0 aromatic carbocycles. The molecular weight excluding hydrogens is 270 g/mol. The summed E-state index contributed by atoms with van der Waals surface area (Å²) in [5.41, 5.74) is -0.637. The maximum Gasteiger partial charge on any atom is 0.137 e. The summed E-state index contributed by atoms with van der Waals surface area (Å²) in [4.78, 5) is 8.49. The maximum atomic E-state index is 9.32. The first-order valence-corrected chi connectivity index (χ1v) is 6.41. The lowest BCUT2D eigenvalue weighted by molar-refractivity contribution is 0.0830. The van der Waals surface area contributed by atoms with Gasteiger partial charge in [0, 0.05) is 11.5 Å². The Hall–Kier alpha value is -0.950. The van der Waals surface area contributed by atoms with E-state index in [1.807, 2.05) is 13.8 Å². The van der Waals surface area contributed by atoms with Gasteiger partial charge in [-0.05, 0) is 6.92 Å².